The zero-order valence-electron chi connectivity index (χ0n) is 16.4. The first-order chi connectivity index (χ1) is 15.1. The molecule has 31 heavy (non-hydrogen) atoms. The zero-order chi connectivity index (χ0) is 21.4. The van der Waals surface area contributed by atoms with Crippen LogP contribution in [0.2, 0.25) is 0 Å². The summed E-state index contributed by atoms with van der Waals surface area (Å²) in [6.45, 7) is 1.88. The molecule has 0 fully saturated rings. The largest absolute Gasteiger partial charge is 0.424 e. The molecular weight excluding hydrogens is 398 g/mol. The van der Waals surface area contributed by atoms with Crippen LogP contribution in [0.5, 0.6) is 11.8 Å². The highest BCUT2D eigenvalue weighted by Crippen LogP contribution is 2.40. The molecule has 0 saturated heterocycles. The van der Waals surface area contributed by atoms with Crippen LogP contribution >= 0.6 is 0 Å². The number of aromatic nitrogens is 6. The van der Waals surface area contributed by atoms with Crippen LogP contribution in [0.15, 0.2) is 59.7 Å². The molecule has 5 rings (SSSR count). The summed E-state index contributed by atoms with van der Waals surface area (Å²) in [4.78, 5) is 32.1. The summed E-state index contributed by atoms with van der Waals surface area (Å²) in [5.74, 6) is 1.16. The van der Waals surface area contributed by atoms with E-state index in [-0.39, 0.29) is 29.8 Å². The van der Waals surface area contributed by atoms with Gasteiger partial charge in [-0.2, -0.15) is 14.9 Å². The molecule has 1 aromatic carbocycles. The van der Waals surface area contributed by atoms with Gasteiger partial charge in [-0.1, -0.05) is 12.1 Å². The lowest BCUT2D eigenvalue weighted by Gasteiger charge is -2.24. The van der Waals surface area contributed by atoms with Crippen molar-refractivity contribution in [3.8, 4) is 17.6 Å². The van der Waals surface area contributed by atoms with Gasteiger partial charge in [-0.25, -0.2) is 15.1 Å². The first-order valence-corrected chi connectivity index (χ1v) is 9.59. The summed E-state index contributed by atoms with van der Waals surface area (Å²) in [6, 6.07) is 12.4. The van der Waals surface area contributed by atoms with E-state index in [1.165, 1.54) is 10.7 Å². The van der Waals surface area contributed by atoms with Gasteiger partial charge in [0.05, 0.1) is 5.69 Å². The fourth-order valence-corrected chi connectivity index (χ4v) is 3.69. The van der Waals surface area contributed by atoms with Crippen molar-refractivity contribution >= 4 is 11.7 Å². The highest BCUT2D eigenvalue weighted by Gasteiger charge is 2.33. The van der Waals surface area contributed by atoms with Gasteiger partial charge < -0.3 is 10.1 Å². The second-order valence-corrected chi connectivity index (χ2v) is 7.05. The van der Waals surface area contributed by atoms with Crippen molar-refractivity contribution in [2.45, 2.75) is 19.3 Å². The van der Waals surface area contributed by atoms with Crippen LogP contribution in [0.1, 0.15) is 29.2 Å². The van der Waals surface area contributed by atoms with Gasteiger partial charge in [0.1, 0.15) is 11.6 Å². The first kappa shape index (κ1) is 18.7. The van der Waals surface area contributed by atoms with Crippen LogP contribution in [0.3, 0.4) is 0 Å². The Labute approximate surface area is 175 Å². The van der Waals surface area contributed by atoms with E-state index in [0.29, 0.717) is 17.4 Å². The van der Waals surface area contributed by atoms with Crippen molar-refractivity contribution in [1.29, 1.82) is 0 Å². The smallest absolute Gasteiger partial charge is 0.321 e. The average Bonchev–Trinajstić information content (AvgIpc) is 3.11. The molecule has 1 atom stereocenters. The molecule has 3 aromatic heterocycles. The topological polar surface area (TPSA) is 128 Å². The van der Waals surface area contributed by atoms with Crippen LogP contribution in [0.4, 0.5) is 5.82 Å². The number of nitrogens with one attached hydrogen (secondary N) is 2. The van der Waals surface area contributed by atoms with Crippen LogP contribution < -0.4 is 15.6 Å². The highest BCUT2D eigenvalue weighted by molar-refractivity contribution is 5.95. The maximum absolute atomic E-state index is 12.6. The molecule has 1 amide bonds. The van der Waals surface area contributed by atoms with E-state index in [2.05, 4.69) is 30.6 Å². The maximum Gasteiger partial charge on any atom is 0.321 e. The van der Waals surface area contributed by atoms with Gasteiger partial charge >= 0.3 is 6.01 Å². The van der Waals surface area contributed by atoms with Crippen molar-refractivity contribution < 1.29 is 9.53 Å². The van der Waals surface area contributed by atoms with E-state index in [4.69, 9.17) is 4.74 Å². The quantitative estimate of drug-likeness (QED) is 0.523. The fraction of sp³-hybridized carbons (Fsp3) is 0.143. The Hall–Kier alpha value is -4.34. The Morgan fingerprint density at radius 3 is 2.71 bits per heavy atom. The number of nitrogens with zero attached hydrogens (tertiary/aromatic N) is 5. The Bertz CT molecular complexity index is 1310. The van der Waals surface area contributed by atoms with Gasteiger partial charge in [-0.05, 0) is 36.8 Å². The van der Waals surface area contributed by atoms with Crippen LogP contribution in [-0.4, -0.2) is 35.9 Å². The third kappa shape index (κ3) is 3.54. The molecule has 4 heterocycles. The van der Waals surface area contributed by atoms with Crippen molar-refractivity contribution in [3.63, 3.8) is 0 Å². The number of rotatable bonds is 4. The van der Waals surface area contributed by atoms with Gasteiger partial charge in [0.15, 0.2) is 5.82 Å². The Balaban J connectivity index is 1.55. The number of hydrogen-bond acceptors (Lipinski definition) is 7. The molecule has 0 radical (unpaired) electrons. The minimum atomic E-state index is -0.317. The number of amides is 1. The third-order valence-electron chi connectivity index (χ3n) is 5.00. The molecular formula is C21H17N7O3. The summed E-state index contributed by atoms with van der Waals surface area (Å²) in [5, 5.41) is 13.9. The molecule has 1 unspecified atom stereocenters. The number of ether oxygens (including phenoxy) is 1. The number of aromatic amines is 1. The van der Waals surface area contributed by atoms with Gasteiger partial charge in [-0.3, -0.25) is 9.59 Å². The molecule has 4 aromatic rings. The molecule has 10 heteroatoms. The number of benzene rings is 1. The summed E-state index contributed by atoms with van der Waals surface area (Å²) >= 11 is 0. The number of H-pyrrole nitrogens is 1. The van der Waals surface area contributed by atoms with Crippen molar-refractivity contribution in [2.24, 2.45) is 0 Å². The normalized spacial score (nSPS) is 15.3. The maximum atomic E-state index is 12.6. The summed E-state index contributed by atoms with van der Waals surface area (Å²) in [6.07, 6.45) is 3.48. The lowest BCUT2D eigenvalue weighted by Crippen LogP contribution is -2.25. The van der Waals surface area contributed by atoms with Crippen LogP contribution in [0, 0.1) is 6.92 Å². The minimum absolute atomic E-state index is 0.138. The summed E-state index contributed by atoms with van der Waals surface area (Å²) in [7, 11) is 0. The second-order valence-electron chi connectivity index (χ2n) is 7.05. The lowest BCUT2D eigenvalue weighted by atomic mass is 9.86. The van der Waals surface area contributed by atoms with Gasteiger partial charge in [-0.15, -0.1) is 0 Å². The number of carbonyl (C=O) groups excluding carboxylic acids is 1. The van der Waals surface area contributed by atoms with E-state index >= 15 is 0 Å². The molecule has 0 bridgehead atoms. The molecule has 1 aliphatic rings. The summed E-state index contributed by atoms with van der Waals surface area (Å²) in [5.41, 5.74) is 2.23. The molecule has 154 valence electrons. The van der Waals surface area contributed by atoms with Gasteiger partial charge in [0, 0.05) is 36.4 Å². The number of hydrogen-bond donors (Lipinski definition) is 2. The SMILES string of the molecule is Cc1nn(-c2ccc(=O)[nH]n2)c2c1C(c1cccc(Oc3ncccn3)c1)CC(=O)N2. The first-order valence-electron chi connectivity index (χ1n) is 9.59. The number of carbonyl (C=O) groups is 1. The van der Waals surface area contributed by atoms with Gasteiger partial charge in [0.25, 0.3) is 5.56 Å². The van der Waals surface area contributed by atoms with Crippen LogP contribution in [0.25, 0.3) is 5.82 Å². The minimum Gasteiger partial charge on any atom is -0.424 e. The van der Waals surface area contributed by atoms with Crippen LogP contribution in [-0.2, 0) is 4.79 Å². The number of fused-ring (bicyclic) bond motifs is 1. The number of aryl methyl sites for hydroxylation is 1. The molecule has 0 aliphatic carbocycles. The predicted molar refractivity (Wildman–Crippen MR) is 110 cm³/mol. The van der Waals surface area contributed by atoms with E-state index < -0.39 is 0 Å². The standard InChI is InChI=1S/C21H17N7O3/c1-12-19-15(13-4-2-5-14(10-13)31-21-22-8-3-9-23-21)11-18(30)24-20(19)28(27-12)16-6-7-17(29)26-25-16/h2-10,15H,11H2,1H3,(H,24,30)(H,26,29). The second kappa shape index (κ2) is 7.48. The Kier molecular flexibility index (Phi) is 4.51. The van der Waals surface area contributed by atoms with E-state index in [9.17, 15) is 9.59 Å². The highest BCUT2D eigenvalue weighted by atomic mass is 16.5. The van der Waals surface area contributed by atoms with Crippen molar-refractivity contribution in [2.75, 3.05) is 5.32 Å². The number of anilines is 1. The Morgan fingerprint density at radius 2 is 1.94 bits per heavy atom. The predicted octanol–water partition coefficient (Wildman–Crippen LogP) is 2.32. The van der Waals surface area contributed by atoms with Crippen molar-refractivity contribution in [1.82, 2.24) is 29.9 Å². The molecule has 2 N–H and O–H groups in total. The lowest BCUT2D eigenvalue weighted by molar-refractivity contribution is -0.116. The molecule has 0 spiro atoms. The zero-order valence-corrected chi connectivity index (χ0v) is 16.4. The van der Waals surface area contributed by atoms with E-state index in [1.807, 2.05) is 31.2 Å². The third-order valence-corrected chi connectivity index (χ3v) is 5.00. The van der Waals surface area contributed by atoms with Gasteiger partial charge in [0.2, 0.25) is 5.91 Å². The fourth-order valence-electron chi connectivity index (χ4n) is 3.69. The summed E-state index contributed by atoms with van der Waals surface area (Å²) < 4.78 is 7.28. The Morgan fingerprint density at radius 1 is 1.10 bits per heavy atom. The monoisotopic (exact) mass is 415 g/mol. The van der Waals surface area contributed by atoms with E-state index in [0.717, 1.165) is 16.8 Å². The van der Waals surface area contributed by atoms with Crippen molar-refractivity contribution in [3.05, 3.63) is 82.0 Å². The molecule has 1 aliphatic heterocycles. The van der Waals surface area contributed by atoms with E-state index in [1.54, 1.807) is 24.5 Å². The average molecular weight is 415 g/mol. The molecule has 10 nitrogen and oxygen atoms in total. The molecule has 0 saturated carbocycles.